The Bertz CT molecular complexity index is 1010. The number of benzene rings is 1. The highest BCUT2D eigenvalue weighted by atomic mass is 32.2. The molecule has 1 saturated heterocycles. The number of hydrogen-bond acceptors (Lipinski definition) is 6. The van der Waals surface area contributed by atoms with Gasteiger partial charge in [-0.3, -0.25) is 9.71 Å². The molecule has 1 N–H and O–H groups in total. The van der Waals surface area contributed by atoms with Gasteiger partial charge in [-0.05, 0) is 24.3 Å². The van der Waals surface area contributed by atoms with Crippen molar-refractivity contribution in [2.45, 2.75) is 5.03 Å². The van der Waals surface area contributed by atoms with E-state index in [1.165, 1.54) is 6.07 Å². The lowest BCUT2D eigenvalue weighted by Crippen LogP contribution is -2.36. The van der Waals surface area contributed by atoms with Crippen LogP contribution >= 0.6 is 0 Å². The highest BCUT2D eigenvalue weighted by Gasteiger charge is 2.19. The molecule has 8 heteroatoms. The van der Waals surface area contributed by atoms with Gasteiger partial charge >= 0.3 is 0 Å². The summed E-state index contributed by atoms with van der Waals surface area (Å²) in [6.45, 7) is 2.87. The first-order valence-corrected chi connectivity index (χ1v) is 9.77. The lowest BCUT2D eigenvalue weighted by molar-refractivity contribution is 0.122. The van der Waals surface area contributed by atoms with Crippen LogP contribution in [0.4, 0.5) is 11.4 Å². The smallest absolute Gasteiger partial charge is 0.279 e. The molecule has 0 amide bonds. The molecular formula is C18H18N4O3S. The Morgan fingerprint density at radius 3 is 2.58 bits per heavy atom. The molecule has 0 bridgehead atoms. The van der Waals surface area contributed by atoms with Crippen LogP contribution in [0.15, 0.2) is 59.9 Å². The molecule has 4 rings (SSSR count). The molecule has 3 heterocycles. The predicted octanol–water partition coefficient (Wildman–Crippen LogP) is 2.27. The summed E-state index contributed by atoms with van der Waals surface area (Å²) in [7, 11) is -3.80. The summed E-state index contributed by atoms with van der Waals surface area (Å²) in [6.07, 6.45) is 3.22. The summed E-state index contributed by atoms with van der Waals surface area (Å²) in [6, 6.07) is 12.4. The van der Waals surface area contributed by atoms with Gasteiger partial charge in [-0.15, -0.1) is 0 Å². The fourth-order valence-electron chi connectivity index (χ4n) is 2.92. The Balaban J connectivity index is 1.60. The van der Waals surface area contributed by atoms with Crippen LogP contribution in [0.5, 0.6) is 0 Å². The average Bonchev–Trinajstić information content (AvgIpc) is 2.69. The number of pyridine rings is 2. The Morgan fingerprint density at radius 2 is 1.81 bits per heavy atom. The van der Waals surface area contributed by atoms with Gasteiger partial charge in [-0.2, -0.15) is 8.42 Å². The van der Waals surface area contributed by atoms with Crippen molar-refractivity contribution >= 4 is 32.3 Å². The number of rotatable bonds is 4. The summed E-state index contributed by atoms with van der Waals surface area (Å²) in [5.41, 5.74) is 1.92. The number of aromatic nitrogens is 2. The number of fused-ring (bicyclic) bond motifs is 1. The number of nitrogens with zero attached hydrogens (tertiary/aromatic N) is 3. The van der Waals surface area contributed by atoms with Crippen molar-refractivity contribution in [3.63, 3.8) is 0 Å². The van der Waals surface area contributed by atoms with E-state index in [4.69, 9.17) is 4.74 Å². The minimum atomic E-state index is -3.80. The van der Waals surface area contributed by atoms with Crippen LogP contribution in [-0.4, -0.2) is 44.7 Å². The molecule has 134 valence electrons. The fourth-order valence-corrected chi connectivity index (χ4v) is 3.92. The zero-order valence-electron chi connectivity index (χ0n) is 14.0. The molecule has 26 heavy (non-hydrogen) atoms. The molecule has 0 unspecified atom stereocenters. The zero-order valence-corrected chi connectivity index (χ0v) is 14.8. The first-order chi connectivity index (χ1) is 12.6. The van der Waals surface area contributed by atoms with E-state index in [9.17, 15) is 8.42 Å². The first-order valence-electron chi connectivity index (χ1n) is 8.29. The van der Waals surface area contributed by atoms with E-state index in [1.807, 2.05) is 18.2 Å². The third-order valence-electron chi connectivity index (χ3n) is 4.25. The van der Waals surface area contributed by atoms with E-state index in [0.29, 0.717) is 24.4 Å². The molecule has 1 aliphatic heterocycles. The van der Waals surface area contributed by atoms with Crippen molar-refractivity contribution in [3.05, 3.63) is 54.9 Å². The second-order valence-corrected chi connectivity index (χ2v) is 7.57. The molecule has 1 fully saturated rings. The van der Waals surface area contributed by atoms with E-state index in [0.717, 1.165) is 24.2 Å². The van der Waals surface area contributed by atoms with Crippen molar-refractivity contribution in [2.24, 2.45) is 0 Å². The quantitative estimate of drug-likeness (QED) is 0.758. The summed E-state index contributed by atoms with van der Waals surface area (Å²) in [5, 5.41) is 0.839. The number of morpholine rings is 1. The van der Waals surface area contributed by atoms with Gasteiger partial charge < -0.3 is 9.64 Å². The van der Waals surface area contributed by atoms with Crippen LogP contribution in [-0.2, 0) is 14.8 Å². The lowest BCUT2D eigenvalue weighted by atomic mass is 10.2. The van der Waals surface area contributed by atoms with E-state index in [1.54, 1.807) is 30.6 Å². The summed E-state index contributed by atoms with van der Waals surface area (Å²) < 4.78 is 33.3. The van der Waals surface area contributed by atoms with E-state index >= 15 is 0 Å². The maximum atomic E-state index is 12.7. The van der Waals surface area contributed by atoms with Crippen molar-refractivity contribution in [3.8, 4) is 0 Å². The highest BCUT2D eigenvalue weighted by molar-refractivity contribution is 7.92. The third kappa shape index (κ3) is 3.33. The van der Waals surface area contributed by atoms with Crippen LogP contribution in [0.3, 0.4) is 0 Å². The van der Waals surface area contributed by atoms with E-state index in [2.05, 4.69) is 19.6 Å². The average molecular weight is 370 g/mol. The Morgan fingerprint density at radius 1 is 1.00 bits per heavy atom. The van der Waals surface area contributed by atoms with Crippen LogP contribution < -0.4 is 9.62 Å². The molecule has 0 radical (unpaired) electrons. The van der Waals surface area contributed by atoms with Gasteiger partial charge in [0.05, 0.1) is 36.3 Å². The van der Waals surface area contributed by atoms with Crippen LogP contribution in [0.1, 0.15) is 0 Å². The first kappa shape index (κ1) is 16.7. The predicted molar refractivity (Wildman–Crippen MR) is 99.8 cm³/mol. The minimum Gasteiger partial charge on any atom is -0.378 e. The fraction of sp³-hybridized carbons (Fsp3) is 0.222. The topological polar surface area (TPSA) is 84.4 Å². The maximum absolute atomic E-state index is 12.7. The Hall–Kier alpha value is -2.71. The number of anilines is 2. The van der Waals surface area contributed by atoms with E-state index < -0.39 is 10.0 Å². The molecule has 0 atom stereocenters. The molecule has 2 aromatic heterocycles. The number of ether oxygens (including phenoxy) is 1. The van der Waals surface area contributed by atoms with Gasteiger partial charge in [0.1, 0.15) is 0 Å². The molecular weight excluding hydrogens is 352 g/mol. The number of hydrogen-bond donors (Lipinski definition) is 1. The molecule has 7 nitrogen and oxygen atoms in total. The Kier molecular flexibility index (Phi) is 4.44. The van der Waals surface area contributed by atoms with Crippen LogP contribution in [0, 0.1) is 0 Å². The SMILES string of the molecule is O=S(=O)(Nc1cccc2cccnc12)c1ccc(N2CCOCC2)cn1. The summed E-state index contributed by atoms with van der Waals surface area (Å²) in [4.78, 5) is 10.5. The molecule has 0 aliphatic carbocycles. The van der Waals surface area contributed by atoms with Gasteiger partial charge in [0.2, 0.25) is 0 Å². The van der Waals surface area contributed by atoms with Gasteiger partial charge in [0.25, 0.3) is 10.0 Å². The second-order valence-electron chi connectivity index (χ2n) is 5.94. The van der Waals surface area contributed by atoms with Gasteiger partial charge in [0.15, 0.2) is 5.03 Å². The molecule has 0 spiro atoms. The number of sulfonamides is 1. The maximum Gasteiger partial charge on any atom is 0.279 e. The largest absolute Gasteiger partial charge is 0.378 e. The minimum absolute atomic E-state index is 0.0255. The van der Waals surface area contributed by atoms with Gasteiger partial charge in [0, 0.05) is 24.7 Å². The number of para-hydroxylation sites is 1. The Labute approximate surface area is 151 Å². The molecule has 3 aromatic rings. The van der Waals surface area contributed by atoms with Crippen LogP contribution in [0.2, 0.25) is 0 Å². The van der Waals surface area contributed by atoms with Gasteiger partial charge in [-0.25, -0.2) is 4.98 Å². The summed E-state index contributed by atoms with van der Waals surface area (Å²) >= 11 is 0. The zero-order chi connectivity index (χ0) is 18.0. The standard InChI is InChI=1S/C18H18N4O3S/c23-26(24,21-16-5-1-3-14-4-2-8-19-18(14)16)17-7-6-15(13-20-17)22-9-11-25-12-10-22/h1-8,13,21H,9-12H2. The summed E-state index contributed by atoms with van der Waals surface area (Å²) in [5.74, 6) is 0. The number of nitrogens with one attached hydrogen (secondary N) is 1. The van der Waals surface area contributed by atoms with Crippen molar-refractivity contribution in [1.82, 2.24) is 9.97 Å². The molecule has 1 aromatic carbocycles. The third-order valence-corrected chi connectivity index (χ3v) is 5.53. The lowest BCUT2D eigenvalue weighted by Gasteiger charge is -2.28. The monoisotopic (exact) mass is 370 g/mol. The van der Waals surface area contributed by atoms with Crippen molar-refractivity contribution in [1.29, 1.82) is 0 Å². The van der Waals surface area contributed by atoms with Gasteiger partial charge in [-0.1, -0.05) is 18.2 Å². The van der Waals surface area contributed by atoms with Crippen molar-refractivity contribution in [2.75, 3.05) is 35.9 Å². The normalized spacial score (nSPS) is 15.2. The molecule has 1 aliphatic rings. The van der Waals surface area contributed by atoms with E-state index in [-0.39, 0.29) is 5.03 Å². The highest BCUT2D eigenvalue weighted by Crippen LogP contribution is 2.24. The van der Waals surface area contributed by atoms with Crippen molar-refractivity contribution < 1.29 is 13.2 Å². The second kappa shape index (κ2) is 6.89. The molecule has 0 saturated carbocycles. The van der Waals surface area contributed by atoms with Crippen LogP contribution in [0.25, 0.3) is 10.9 Å².